The molecule has 0 saturated heterocycles. The molecular weight excluding hydrogens is 575 g/mol. The lowest BCUT2D eigenvalue weighted by atomic mass is 9.84. The highest BCUT2D eigenvalue weighted by Gasteiger charge is 2.24. The van der Waals surface area contributed by atoms with Gasteiger partial charge in [0, 0.05) is 21.6 Å². The third-order valence-corrected chi connectivity index (χ3v) is 9.52. The van der Waals surface area contributed by atoms with Gasteiger partial charge in [0.05, 0.1) is 23.1 Å². The molecule has 5 aromatic carbocycles. The van der Waals surface area contributed by atoms with Gasteiger partial charge in [0.2, 0.25) is 0 Å². The summed E-state index contributed by atoms with van der Waals surface area (Å²) >= 11 is 3.23. The van der Waals surface area contributed by atoms with Crippen LogP contribution in [0, 0.1) is 10.8 Å². The summed E-state index contributed by atoms with van der Waals surface area (Å²) in [5.74, 6) is 0.850. The Morgan fingerprint density at radius 1 is 0.682 bits per heavy atom. The van der Waals surface area contributed by atoms with Gasteiger partial charge in [-0.2, -0.15) is 0 Å². The molecule has 0 saturated carbocycles. The summed E-state index contributed by atoms with van der Waals surface area (Å²) < 4.78 is 6.70. The fourth-order valence-electron chi connectivity index (χ4n) is 6.24. The van der Waals surface area contributed by atoms with E-state index in [1.54, 1.807) is 0 Å². The number of hydrogen-bond acceptors (Lipinski definition) is 4. The molecule has 6 rings (SSSR count). The van der Waals surface area contributed by atoms with Crippen molar-refractivity contribution < 1.29 is 4.18 Å². The summed E-state index contributed by atoms with van der Waals surface area (Å²) in [5, 5.41) is 7.28. The van der Waals surface area contributed by atoms with Crippen LogP contribution in [0.1, 0.15) is 52.7 Å². The quantitative estimate of drug-likeness (QED) is 0.101. The van der Waals surface area contributed by atoms with E-state index in [0.29, 0.717) is 0 Å². The summed E-state index contributed by atoms with van der Waals surface area (Å²) in [6.07, 6.45) is 6.14. The minimum atomic E-state index is 0.137. The lowest BCUT2D eigenvalue weighted by Gasteiger charge is -2.24. The normalized spacial score (nSPS) is 12.3. The van der Waals surface area contributed by atoms with Crippen LogP contribution in [0.2, 0.25) is 0 Å². The van der Waals surface area contributed by atoms with E-state index < -0.39 is 0 Å². The third-order valence-electron chi connectivity index (χ3n) is 7.92. The Kier molecular flexibility index (Phi) is 8.43. The largest absolute Gasteiger partial charge is 0.420 e. The summed E-state index contributed by atoms with van der Waals surface area (Å²) in [6, 6.07) is 32.6. The maximum absolute atomic E-state index is 6.70. The zero-order chi connectivity index (χ0) is 31.1. The second-order valence-corrected chi connectivity index (χ2v) is 15.7. The Labute approximate surface area is 270 Å². The zero-order valence-electron chi connectivity index (χ0n) is 26.8. The van der Waals surface area contributed by atoms with Crippen LogP contribution in [-0.4, -0.2) is 11.2 Å². The number of thioether (sulfide) groups is 1. The van der Waals surface area contributed by atoms with Crippen LogP contribution < -0.4 is 4.18 Å². The molecule has 0 spiro atoms. The Morgan fingerprint density at radius 3 is 2.11 bits per heavy atom. The highest BCUT2D eigenvalue weighted by molar-refractivity contribution is 7.98. The van der Waals surface area contributed by atoms with E-state index in [2.05, 4.69) is 133 Å². The van der Waals surface area contributed by atoms with Crippen molar-refractivity contribution in [2.24, 2.45) is 10.8 Å². The van der Waals surface area contributed by atoms with Gasteiger partial charge in [0.25, 0.3) is 0 Å². The fourth-order valence-corrected chi connectivity index (χ4v) is 7.63. The van der Waals surface area contributed by atoms with Crippen molar-refractivity contribution >= 4 is 56.1 Å². The monoisotopic (exact) mass is 615 g/mol. The van der Waals surface area contributed by atoms with Crippen molar-refractivity contribution in [3.05, 3.63) is 108 Å². The lowest BCUT2D eigenvalue weighted by molar-refractivity contribution is 0.410. The summed E-state index contributed by atoms with van der Waals surface area (Å²) in [7, 11) is 0. The van der Waals surface area contributed by atoms with E-state index in [-0.39, 0.29) is 10.8 Å². The molecule has 0 aliphatic heterocycles. The average Bonchev–Trinajstić information content (AvgIpc) is 2.99. The van der Waals surface area contributed by atoms with Crippen molar-refractivity contribution in [3.8, 4) is 17.0 Å². The van der Waals surface area contributed by atoms with Gasteiger partial charge in [-0.15, -0.1) is 11.8 Å². The lowest BCUT2D eigenvalue weighted by Crippen LogP contribution is -2.11. The molecule has 0 radical (unpaired) electrons. The first kappa shape index (κ1) is 30.6. The topological polar surface area (TPSA) is 22.1 Å². The highest BCUT2D eigenvalue weighted by Crippen LogP contribution is 2.46. The Bertz CT molecular complexity index is 1970. The van der Waals surface area contributed by atoms with E-state index in [4.69, 9.17) is 9.17 Å². The molecule has 2 nitrogen and oxygen atoms in total. The molecule has 224 valence electrons. The van der Waals surface area contributed by atoms with Gasteiger partial charge in [-0.3, -0.25) is 4.98 Å². The number of rotatable bonds is 7. The van der Waals surface area contributed by atoms with Crippen LogP contribution >= 0.6 is 23.8 Å². The van der Waals surface area contributed by atoms with E-state index in [9.17, 15) is 0 Å². The Morgan fingerprint density at radius 2 is 1.39 bits per heavy atom. The molecule has 0 fully saturated rings. The molecule has 0 atom stereocenters. The molecule has 1 heterocycles. The second-order valence-electron chi connectivity index (χ2n) is 14.1. The molecule has 6 aromatic rings. The minimum absolute atomic E-state index is 0.137. The van der Waals surface area contributed by atoms with Crippen molar-refractivity contribution in [2.75, 3.05) is 6.26 Å². The summed E-state index contributed by atoms with van der Waals surface area (Å²) in [5.41, 5.74) is 5.17. The molecule has 44 heavy (non-hydrogen) atoms. The number of hydrogen-bond donors (Lipinski definition) is 0. The molecule has 0 aliphatic carbocycles. The number of aromatic nitrogens is 1. The first-order valence-corrected chi connectivity index (χ1v) is 17.3. The number of nitrogens with zero attached hydrogens (tertiary/aromatic N) is 1. The van der Waals surface area contributed by atoms with Gasteiger partial charge >= 0.3 is 0 Å². The second kappa shape index (κ2) is 12.1. The Hall–Kier alpha value is -3.47. The fraction of sp³-hybridized carbons (Fsp3) is 0.275. The highest BCUT2D eigenvalue weighted by atomic mass is 32.2. The summed E-state index contributed by atoms with van der Waals surface area (Å²) in [6.45, 7) is 13.9. The smallest absolute Gasteiger partial charge is 0.148 e. The number of fused-ring (bicyclic) bond motifs is 4. The molecule has 0 N–H and O–H groups in total. The predicted molar refractivity (Wildman–Crippen MR) is 193 cm³/mol. The Balaban J connectivity index is 1.67. The minimum Gasteiger partial charge on any atom is -0.420 e. The molecule has 1 aromatic heterocycles. The molecule has 0 amide bonds. The summed E-state index contributed by atoms with van der Waals surface area (Å²) in [4.78, 5) is 7.49. The maximum atomic E-state index is 6.70. The first-order chi connectivity index (χ1) is 21.0. The van der Waals surface area contributed by atoms with E-state index >= 15 is 0 Å². The predicted octanol–water partition coefficient (Wildman–Crippen LogP) is 12.2. The van der Waals surface area contributed by atoms with Crippen molar-refractivity contribution in [3.63, 3.8) is 0 Å². The number of pyridine rings is 1. The molecule has 0 bridgehead atoms. The van der Waals surface area contributed by atoms with E-state index in [1.165, 1.54) is 60.6 Å². The zero-order valence-corrected chi connectivity index (χ0v) is 28.5. The average molecular weight is 616 g/mol. The van der Waals surface area contributed by atoms with Crippen LogP contribution in [0.5, 0.6) is 5.75 Å². The molecular formula is C40H41NOS2. The van der Waals surface area contributed by atoms with Crippen LogP contribution in [0.3, 0.4) is 0 Å². The van der Waals surface area contributed by atoms with Crippen molar-refractivity contribution in [1.82, 2.24) is 4.98 Å². The van der Waals surface area contributed by atoms with E-state index in [1.807, 2.05) is 24.0 Å². The van der Waals surface area contributed by atoms with Crippen LogP contribution in [0.4, 0.5) is 0 Å². The van der Waals surface area contributed by atoms with Crippen LogP contribution in [0.15, 0.2) is 107 Å². The van der Waals surface area contributed by atoms with Crippen LogP contribution in [0.25, 0.3) is 43.6 Å². The van der Waals surface area contributed by atoms with Crippen molar-refractivity contribution in [2.45, 2.75) is 64.2 Å². The molecule has 0 aliphatic rings. The third kappa shape index (κ3) is 6.34. The van der Waals surface area contributed by atoms with Gasteiger partial charge < -0.3 is 4.18 Å². The van der Waals surface area contributed by atoms with E-state index in [0.717, 1.165) is 34.6 Å². The molecule has 0 unspecified atom stereocenters. The van der Waals surface area contributed by atoms with Gasteiger partial charge in [0.15, 0.2) is 0 Å². The van der Waals surface area contributed by atoms with Crippen molar-refractivity contribution in [1.29, 1.82) is 0 Å². The maximum Gasteiger partial charge on any atom is 0.148 e. The SMILES string of the molecule is CSc1c(-c2nccc3c2c(OSc2ccccc2)cc2c(CC(C)(C)C)cccc23)cc2ccccc2c1CC(C)(C)C. The van der Waals surface area contributed by atoms with Gasteiger partial charge in [-0.1, -0.05) is 102 Å². The standard InChI is InChI=1S/C40H41NOS2/c1-39(2,3)24-27-15-13-19-30-31-20-21-41-37(36(31)35(23-32(27)30)42-44-28-16-9-8-10-17-28)33-22-26-14-11-12-18-29(26)34(38(33)43-7)25-40(4,5)6/h8-23H,24-25H2,1-7H3. The van der Waals surface area contributed by atoms with Crippen LogP contribution in [-0.2, 0) is 12.8 Å². The van der Waals surface area contributed by atoms with Gasteiger partial charge in [-0.25, -0.2) is 0 Å². The van der Waals surface area contributed by atoms with Gasteiger partial charge in [0.1, 0.15) is 5.75 Å². The molecule has 4 heteroatoms. The van der Waals surface area contributed by atoms with Gasteiger partial charge in [-0.05, 0) is 98.3 Å². The number of benzene rings is 5. The first-order valence-electron chi connectivity index (χ1n) is 15.3.